The van der Waals surface area contributed by atoms with Crippen LogP contribution in [0.3, 0.4) is 0 Å². The van der Waals surface area contributed by atoms with Gasteiger partial charge in [0.1, 0.15) is 0 Å². The van der Waals surface area contributed by atoms with Crippen molar-refractivity contribution in [2.75, 3.05) is 26.8 Å². The molecule has 1 aromatic heterocycles. The van der Waals surface area contributed by atoms with Crippen LogP contribution in [0.1, 0.15) is 12.0 Å². The normalized spacial score (nSPS) is 21.5. The van der Waals surface area contributed by atoms with Crippen molar-refractivity contribution >= 4 is 15.9 Å². The number of ether oxygens (including phenoxy) is 1. The van der Waals surface area contributed by atoms with Crippen LogP contribution in [0.25, 0.3) is 0 Å². The fourth-order valence-electron chi connectivity index (χ4n) is 2.23. The van der Waals surface area contributed by atoms with Crippen molar-refractivity contribution in [1.82, 2.24) is 9.88 Å². The summed E-state index contributed by atoms with van der Waals surface area (Å²) in [5, 5.41) is 0. The van der Waals surface area contributed by atoms with E-state index < -0.39 is 0 Å². The zero-order valence-corrected chi connectivity index (χ0v) is 11.1. The molecule has 2 heterocycles. The van der Waals surface area contributed by atoms with Crippen LogP contribution in [0.15, 0.2) is 22.9 Å². The highest BCUT2D eigenvalue weighted by atomic mass is 79.9. The average Bonchev–Trinajstić information content (AvgIpc) is 2.66. The minimum Gasteiger partial charge on any atom is -0.384 e. The maximum Gasteiger partial charge on any atom is 0.0503 e. The number of hydrogen-bond donors (Lipinski definition) is 0. The molecule has 0 bridgehead atoms. The van der Waals surface area contributed by atoms with Gasteiger partial charge in [-0.2, -0.15) is 0 Å². The predicted molar refractivity (Wildman–Crippen MR) is 67.2 cm³/mol. The molecule has 0 aromatic carbocycles. The Kier molecular flexibility index (Phi) is 4.32. The van der Waals surface area contributed by atoms with Crippen molar-refractivity contribution < 1.29 is 4.74 Å². The Labute approximate surface area is 105 Å². The van der Waals surface area contributed by atoms with Crippen molar-refractivity contribution in [2.24, 2.45) is 5.92 Å². The van der Waals surface area contributed by atoms with Crippen LogP contribution in [0.4, 0.5) is 0 Å². The molecule has 0 saturated carbocycles. The third kappa shape index (κ3) is 3.27. The molecule has 0 N–H and O–H groups in total. The van der Waals surface area contributed by atoms with Gasteiger partial charge in [-0.05, 0) is 46.4 Å². The van der Waals surface area contributed by atoms with Gasteiger partial charge < -0.3 is 4.74 Å². The fourth-order valence-corrected chi connectivity index (χ4v) is 2.64. The number of rotatable bonds is 4. The first-order valence-corrected chi connectivity index (χ1v) is 6.38. The van der Waals surface area contributed by atoms with Crippen LogP contribution in [-0.2, 0) is 11.3 Å². The lowest BCUT2D eigenvalue weighted by molar-refractivity contribution is 0.152. The first-order valence-electron chi connectivity index (χ1n) is 5.58. The quantitative estimate of drug-likeness (QED) is 0.849. The Hall–Kier alpha value is -0.450. The largest absolute Gasteiger partial charge is 0.384 e. The van der Waals surface area contributed by atoms with Gasteiger partial charge in [-0.3, -0.25) is 9.88 Å². The van der Waals surface area contributed by atoms with Crippen LogP contribution in [0.5, 0.6) is 0 Å². The Bertz CT molecular complexity index is 346. The molecule has 1 saturated heterocycles. The Balaban J connectivity index is 1.87. The van der Waals surface area contributed by atoms with E-state index in [9.17, 15) is 0 Å². The van der Waals surface area contributed by atoms with Crippen LogP contribution >= 0.6 is 15.9 Å². The summed E-state index contributed by atoms with van der Waals surface area (Å²) >= 11 is 3.45. The molecule has 16 heavy (non-hydrogen) atoms. The highest BCUT2D eigenvalue weighted by Crippen LogP contribution is 2.19. The van der Waals surface area contributed by atoms with Gasteiger partial charge in [-0.25, -0.2) is 0 Å². The second-order valence-electron chi connectivity index (χ2n) is 4.36. The lowest BCUT2D eigenvalue weighted by Gasteiger charge is -2.15. The van der Waals surface area contributed by atoms with Crippen molar-refractivity contribution in [1.29, 1.82) is 0 Å². The molecule has 0 radical (unpaired) electrons. The highest BCUT2D eigenvalue weighted by Gasteiger charge is 2.22. The monoisotopic (exact) mass is 284 g/mol. The summed E-state index contributed by atoms with van der Waals surface area (Å²) in [6, 6.07) is 2.14. The summed E-state index contributed by atoms with van der Waals surface area (Å²) in [5.74, 6) is 0.699. The first-order chi connectivity index (χ1) is 7.78. The molecule has 0 aliphatic carbocycles. The minimum atomic E-state index is 0.699. The number of likely N-dealkylation sites (tertiary alicyclic amines) is 1. The van der Waals surface area contributed by atoms with E-state index in [0.29, 0.717) is 5.92 Å². The zero-order valence-electron chi connectivity index (χ0n) is 9.53. The number of halogens is 1. The summed E-state index contributed by atoms with van der Waals surface area (Å²) in [6.07, 6.45) is 5.00. The fraction of sp³-hybridized carbons (Fsp3) is 0.583. The topological polar surface area (TPSA) is 25.4 Å². The summed E-state index contributed by atoms with van der Waals surface area (Å²) in [7, 11) is 1.78. The molecule has 0 spiro atoms. The van der Waals surface area contributed by atoms with Gasteiger partial charge in [0.25, 0.3) is 0 Å². The van der Waals surface area contributed by atoms with Crippen molar-refractivity contribution in [2.45, 2.75) is 13.0 Å². The van der Waals surface area contributed by atoms with Gasteiger partial charge in [-0.1, -0.05) is 0 Å². The summed E-state index contributed by atoms with van der Waals surface area (Å²) in [6.45, 7) is 4.18. The lowest BCUT2D eigenvalue weighted by Crippen LogP contribution is -2.21. The smallest absolute Gasteiger partial charge is 0.0503 e. The molecular formula is C12H17BrN2O. The van der Waals surface area contributed by atoms with E-state index >= 15 is 0 Å². The van der Waals surface area contributed by atoms with Gasteiger partial charge in [0, 0.05) is 37.1 Å². The van der Waals surface area contributed by atoms with E-state index in [1.165, 1.54) is 18.5 Å². The Morgan fingerprint density at radius 1 is 1.56 bits per heavy atom. The SMILES string of the molecule is COCC1CCN(Cc2cncc(Br)c2)C1. The third-order valence-corrected chi connectivity index (χ3v) is 3.37. The number of pyridine rings is 1. The molecule has 1 aliphatic rings. The predicted octanol–water partition coefficient (Wildman–Crippen LogP) is 2.31. The van der Waals surface area contributed by atoms with Crippen molar-refractivity contribution in [3.8, 4) is 0 Å². The van der Waals surface area contributed by atoms with E-state index in [0.717, 1.165) is 24.2 Å². The van der Waals surface area contributed by atoms with Crippen molar-refractivity contribution in [3.05, 3.63) is 28.5 Å². The van der Waals surface area contributed by atoms with Crippen LogP contribution < -0.4 is 0 Å². The standard InChI is InChI=1S/C12H17BrN2O/c1-16-9-10-2-3-15(7-10)8-11-4-12(13)6-14-5-11/h4-6,10H,2-3,7-9H2,1H3. The van der Waals surface area contributed by atoms with E-state index in [2.05, 4.69) is 31.9 Å². The third-order valence-electron chi connectivity index (χ3n) is 2.94. The zero-order chi connectivity index (χ0) is 11.4. The highest BCUT2D eigenvalue weighted by molar-refractivity contribution is 9.10. The number of aromatic nitrogens is 1. The van der Waals surface area contributed by atoms with E-state index in [4.69, 9.17) is 4.74 Å². The molecular weight excluding hydrogens is 268 g/mol. The second kappa shape index (κ2) is 5.75. The number of methoxy groups -OCH3 is 1. The summed E-state index contributed by atoms with van der Waals surface area (Å²) < 4.78 is 6.25. The van der Waals surface area contributed by atoms with Crippen LogP contribution in [-0.4, -0.2) is 36.7 Å². The Morgan fingerprint density at radius 2 is 2.44 bits per heavy atom. The molecule has 1 unspecified atom stereocenters. The van der Waals surface area contributed by atoms with Gasteiger partial charge in [-0.15, -0.1) is 0 Å². The van der Waals surface area contributed by atoms with Crippen LogP contribution in [0, 0.1) is 5.92 Å². The average molecular weight is 285 g/mol. The maximum absolute atomic E-state index is 5.20. The number of nitrogens with zero attached hydrogens (tertiary/aromatic N) is 2. The molecule has 0 amide bonds. The molecule has 88 valence electrons. The van der Waals surface area contributed by atoms with Gasteiger partial charge in [0.15, 0.2) is 0 Å². The second-order valence-corrected chi connectivity index (χ2v) is 5.27. The lowest BCUT2D eigenvalue weighted by atomic mass is 10.1. The molecule has 1 aliphatic heterocycles. The van der Waals surface area contributed by atoms with E-state index in [1.54, 1.807) is 7.11 Å². The molecule has 2 rings (SSSR count). The molecule has 4 heteroatoms. The van der Waals surface area contributed by atoms with Gasteiger partial charge in [0.05, 0.1) is 6.61 Å². The Morgan fingerprint density at radius 3 is 3.19 bits per heavy atom. The van der Waals surface area contributed by atoms with E-state index in [1.807, 2.05) is 12.4 Å². The van der Waals surface area contributed by atoms with Gasteiger partial charge >= 0.3 is 0 Å². The summed E-state index contributed by atoms with van der Waals surface area (Å²) in [4.78, 5) is 6.65. The first kappa shape index (κ1) is 12.0. The maximum atomic E-state index is 5.20. The van der Waals surface area contributed by atoms with E-state index in [-0.39, 0.29) is 0 Å². The number of hydrogen-bond acceptors (Lipinski definition) is 3. The van der Waals surface area contributed by atoms with Crippen LogP contribution in [0.2, 0.25) is 0 Å². The minimum absolute atomic E-state index is 0.699. The van der Waals surface area contributed by atoms with Gasteiger partial charge in [0.2, 0.25) is 0 Å². The van der Waals surface area contributed by atoms with Crippen molar-refractivity contribution in [3.63, 3.8) is 0 Å². The molecule has 1 atom stereocenters. The molecule has 1 aromatic rings. The molecule has 1 fully saturated rings. The summed E-state index contributed by atoms with van der Waals surface area (Å²) in [5.41, 5.74) is 1.27. The molecule has 3 nitrogen and oxygen atoms in total.